The molecule has 0 bridgehead atoms. The Hall–Kier alpha value is -1.70. The van der Waals surface area contributed by atoms with Gasteiger partial charge in [0.2, 0.25) is 10.0 Å². The van der Waals surface area contributed by atoms with Gasteiger partial charge in [-0.15, -0.1) is 11.3 Å². The number of hydrogen-bond donors (Lipinski definition) is 2. The molecule has 0 atom stereocenters. The lowest BCUT2D eigenvalue weighted by Crippen LogP contribution is -2.33. The number of fused-ring (bicyclic) bond motifs is 1. The van der Waals surface area contributed by atoms with Gasteiger partial charge in [-0.1, -0.05) is 30.4 Å². The minimum absolute atomic E-state index is 0.123. The number of rotatable bonds is 4. The second-order valence-corrected chi connectivity index (χ2v) is 7.53. The lowest BCUT2D eigenvalue weighted by molar-refractivity contribution is 0.0698. The average molecular weight is 323 g/mol. The van der Waals surface area contributed by atoms with Crippen LogP contribution in [0.15, 0.2) is 41.3 Å². The summed E-state index contributed by atoms with van der Waals surface area (Å²) in [6, 6.07) is 6.63. The Kier molecular flexibility index (Phi) is 3.56. The highest BCUT2D eigenvalue weighted by Gasteiger charge is 2.30. The zero-order valence-corrected chi connectivity index (χ0v) is 12.6. The molecule has 110 valence electrons. The lowest BCUT2D eigenvalue weighted by Gasteiger charge is -2.12. The molecule has 5 nitrogen and oxygen atoms in total. The van der Waals surface area contributed by atoms with E-state index in [0.29, 0.717) is 22.9 Å². The Morgan fingerprint density at radius 3 is 2.57 bits per heavy atom. The molecule has 1 aliphatic rings. The van der Waals surface area contributed by atoms with Gasteiger partial charge in [0.1, 0.15) is 9.77 Å². The normalized spacial score (nSPS) is 15.8. The van der Waals surface area contributed by atoms with Crippen molar-refractivity contribution in [2.75, 3.05) is 0 Å². The van der Waals surface area contributed by atoms with E-state index in [-0.39, 0.29) is 15.8 Å². The Balaban J connectivity index is 2.13. The Morgan fingerprint density at radius 2 is 1.90 bits per heavy atom. The SMILES string of the molecule is O=C(O)c1sc2ccccc2c1S(=O)(=O)NC1CC=CC1. The van der Waals surface area contributed by atoms with E-state index in [2.05, 4.69) is 4.72 Å². The van der Waals surface area contributed by atoms with Crippen LogP contribution in [0.25, 0.3) is 10.1 Å². The molecule has 1 heterocycles. The number of carboxylic acids is 1. The molecule has 0 amide bonds. The third kappa shape index (κ3) is 2.59. The van der Waals surface area contributed by atoms with E-state index in [1.54, 1.807) is 24.3 Å². The molecule has 0 aliphatic heterocycles. The van der Waals surface area contributed by atoms with Crippen LogP contribution in [0.5, 0.6) is 0 Å². The number of benzene rings is 1. The highest BCUT2D eigenvalue weighted by Crippen LogP contribution is 2.35. The Bertz CT molecular complexity index is 828. The van der Waals surface area contributed by atoms with Crippen LogP contribution in [0.2, 0.25) is 0 Å². The van der Waals surface area contributed by atoms with Crippen molar-refractivity contribution in [1.29, 1.82) is 0 Å². The summed E-state index contributed by atoms with van der Waals surface area (Å²) in [5, 5.41) is 9.75. The molecular weight excluding hydrogens is 310 g/mol. The number of nitrogens with one attached hydrogen (secondary N) is 1. The standard InChI is InChI=1S/C14H13NO4S2/c16-14(17)12-13(10-7-3-4-8-11(10)20-12)21(18,19)15-9-5-1-2-6-9/h1-4,7-9,15H,5-6H2,(H,16,17). The van der Waals surface area contributed by atoms with E-state index in [9.17, 15) is 18.3 Å². The van der Waals surface area contributed by atoms with E-state index in [4.69, 9.17) is 0 Å². The number of sulfonamides is 1. The van der Waals surface area contributed by atoms with Crippen LogP contribution in [-0.4, -0.2) is 25.5 Å². The van der Waals surface area contributed by atoms with Gasteiger partial charge in [-0.05, 0) is 18.9 Å². The molecule has 21 heavy (non-hydrogen) atoms. The van der Waals surface area contributed by atoms with Crippen LogP contribution in [0, 0.1) is 0 Å². The molecule has 3 rings (SSSR count). The summed E-state index contributed by atoms with van der Waals surface area (Å²) >= 11 is 0.982. The van der Waals surface area contributed by atoms with Crippen molar-refractivity contribution >= 4 is 37.4 Å². The average Bonchev–Trinajstić information content (AvgIpc) is 3.04. The van der Waals surface area contributed by atoms with Crippen molar-refractivity contribution in [2.45, 2.75) is 23.8 Å². The first-order chi connectivity index (χ1) is 9.99. The van der Waals surface area contributed by atoms with E-state index in [1.807, 2.05) is 12.2 Å². The van der Waals surface area contributed by atoms with Gasteiger partial charge >= 0.3 is 5.97 Å². The van der Waals surface area contributed by atoms with Crippen molar-refractivity contribution in [3.05, 3.63) is 41.3 Å². The number of aromatic carboxylic acids is 1. The predicted molar refractivity (Wildman–Crippen MR) is 81.3 cm³/mol. The third-order valence-electron chi connectivity index (χ3n) is 3.34. The minimum atomic E-state index is -3.86. The maximum absolute atomic E-state index is 12.6. The summed E-state index contributed by atoms with van der Waals surface area (Å²) < 4.78 is 28.4. The van der Waals surface area contributed by atoms with Crippen LogP contribution in [0.1, 0.15) is 22.5 Å². The maximum Gasteiger partial charge on any atom is 0.347 e. The largest absolute Gasteiger partial charge is 0.477 e. The molecule has 1 aromatic carbocycles. The van der Waals surface area contributed by atoms with Gasteiger partial charge in [-0.25, -0.2) is 17.9 Å². The second kappa shape index (κ2) is 5.25. The van der Waals surface area contributed by atoms with Crippen molar-refractivity contribution in [1.82, 2.24) is 4.72 Å². The first kappa shape index (κ1) is 14.2. The van der Waals surface area contributed by atoms with Crippen molar-refractivity contribution < 1.29 is 18.3 Å². The van der Waals surface area contributed by atoms with E-state index < -0.39 is 16.0 Å². The van der Waals surface area contributed by atoms with Crippen LogP contribution < -0.4 is 4.72 Å². The molecule has 0 unspecified atom stereocenters. The molecule has 0 radical (unpaired) electrons. The van der Waals surface area contributed by atoms with Gasteiger partial charge < -0.3 is 5.11 Å². The van der Waals surface area contributed by atoms with Crippen LogP contribution in [-0.2, 0) is 10.0 Å². The van der Waals surface area contributed by atoms with Gasteiger partial charge in [0.25, 0.3) is 0 Å². The monoisotopic (exact) mass is 323 g/mol. The highest BCUT2D eigenvalue weighted by atomic mass is 32.2. The van der Waals surface area contributed by atoms with Crippen molar-refractivity contribution in [3.8, 4) is 0 Å². The smallest absolute Gasteiger partial charge is 0.347 e. The first-order valence-electron chi connectivity index (χ1n) is 6.41. The number of hydrogen-bond acceptors (Lipinski definition) is 4. The summed E-state index contributed by atoms with van der Waals surface area (Å²) in [6.45, 7) is 0. The lowest BCUT2D eigenvalue weighted by atomic mass is 10.2. The van der Waals surface area contributed by atoms with Crippen LogP contribution in [0.4, 0.5) is 0 Å². The quantitative estimate of drug-likeness (QED) is 0.847. The summed E-state index contributed by atoms with van der Waals surface area (Å²) in [4.78, 5) is 11.1. The van der Waals surface area contributed by atoms with Gasteiger partial charge in [0.15, 0.2) is 0 Å². The number of carboxylic acid groups (broad SMARTS) is 1. The van der Waals surface area contributed by atoms with E-state index >= 15 is 0 Å². The highest BCUT2D eigenvalue weighted by molar-refractivity contribution is 7.90. The Morgan fingerprint density at radius 1 is 1.24 bits per heavy atom. The maximum atomic E-state index is 12.6. The summed E-state index contributed by atoms with van der Waals surface area (Å²) in [7, 11) is -3.86. The molecule has 1 aromatic heterocycles. The molecule has 0 fully saturated rings. The van der Waals surface area contributed by atoms with Gasteiger partial charge in [0.05, 0.1) is 0 Å². The fourth-order valence-electron chi connectivity index (χ4n) is 2.42. The zero-order chi connectivity index (χ0) is 15.0. The molecule has 0 saturated carbocycles. The zero-order valence-electron chi connectivity index (χ0n) is 10.9. The number of thiophene rings is 1. The fourth-order valence-corrected chi connectivity index (χ4v) is 5.42. The molecular formula is C14H13NO4S2. The van der Waals surface area contributed by atoms with Crippen molar-refractivity contribution in [2.24, 2.45) is 0 Å². The van der Waals surface area contributed by atoms with Gasteiger partial charge in [-0.3, -0.25) is 0 Å². The van der Waals surface area contributed by atoms with E-state index in [0.717, 1.165) is 11.3 Å². The fraction of sp³-hybridized carbons (Fsp3) is 0.214. The third-order valence-corrected chi connectivity index (χ3v) is 6.24. The molecule has 2 aromatic rings. The first-order valence-corrected chi connectivity index (χ1v) is 8.71. The van der Waals surface area contributed by atoms with Crippen molar-refractivity contribution in [3.63, 3.8) is 0 Å². The summed E-state index contributed by atoms with van der Waals surface area (Å²) in [6.07, 6.45) is 5.08. The van der Waals surface area contributed by atoms with E-state index in [1.165, 1.54) is 0 Å². The number of carbonyl (C=O) groups is 1. The molecule has 7 heteroatoms. The topological polar surface area (TPSA) is 83.5 Å². The van der Waals surface area contributed by atoms with Gasteiger partial charge in [0, 0.05) is 16.1 Å². The molecule has 0 spiro atoms. The van der Waals surface area contributed by atoms with Crippen LogP contribution in [0.3, 0.4) is 0 Å². The second-order valence-electron chi connectivity index (χ2n) is 4.82. The Labute approximate surface area is 126 Å². The summed E-state index contributed by atoms with van der Waals surface area (Å²) in [5.41, 5.74) is 0. The van der Waals surface area contributed by atoms with Crippen LogP contribution >= 0.6 is 11.3 Å². The molecule has 2 N–H and O–H groups in total. The predicted octanol–water partition coefficient (Wildman–Crippen LogP) is 2.60. The molecule has 1 aliphatic carbocycles. The minimum Gasteiger partial charge on any atom is -0.477 e. The van der Waals surface area contributed by atoms with Gasteiger partial charge in [-0.2, -0.15) is 0 Å². The summed E-state index contributed by atoms with van der Waals surface area (Å²) in [5.74, 6) is -1.22. The molecule has 0 saturated heterocycles.